The van der Waals surface area contributed by atoms with Gasteiger partial charge < -0.3 is 4.52 Å². The largest absolute Gasteiger partial charge is 0.354 e. The quantitative estimate of drug-likeness (QED) is 0.667. The van der Waals surface area contributed by atoms with Crippen LogP contribution in [0.4, 0.5) is 5.82 Å². The van der Waals surface area contributed by atoms with Crippen LogP contribution in [0, 0.1) is 0 Å². The summed E-state index contributed by atoms with van der Waals surface area (Å²) in [5.41, 5.74) is 1.77. The second kappa shape index (κ2) is 5.44. The summed E-state index contributed by atoms with van der Waals surface area (Å²) in [6.07, 6.45) is 0. The van der Waals surface area contributed by atoms with Gasteiger partial charge in [-0.25, -0.2) is 0 Å². The summed E-state index contributed by atoms with van der Waals surface area (Å²) in [4.78, 5) is 14.1. The van der Waals surface area contributed by atoms with Crippen LogP contribution < -0.4 is 4.90 Å². The molecule has 0 radical (unpaired) electrons. The summed E-state index contributed by atoms with van der Waals surface area (Å²) in [5, 5.41) is 4.92. The van der Waals surface area contributed by atoms with Crippen LogP contribution in [0.1, 0.15) is 10.9 Å². The van der Waals surface area contributed by atoms with Crippen molar-refractivity contribution in [2.75, 3.05) is 10.7 Å². The Hall–Kier alpha value is -1.79. The van der Waals surface area contributed by atoms with Crippen LogP contribution in [0.5, 0.6) is 0 Å². The average molecular weight is 375 g/mol. The molecule has 0 saturated carbocycles. The molecule has 0 N–H and O–H groups in total. The summed E-state index contributed by atoms with van der Waals surface area (Å²) in [6.45, 7) is 0. The highest BCUT2D eigenvalue weighted by molar-refractivity contribution is 9.10. The second-order valence-electron chi connectivity index (χ2n) is 4.98. The van der Waals surface area contributed by atoms with Crippen LogP contribution in [0.2, 0.25) is 0 Å². The van der Waals surface area contributed by atoms with Gasteiger partial charge in [0.25, 0.3) is 0 Å². The number of anilines is 1. The van der Waals surface area contributed by atoms with E-state index in [4.69, 9.17) is 4.52 Å². The summed E-state index contributed by atoms with van der Waals surface area (Å²) in [5.74, 6) is 1.09. The summed E-state index contributed by atoms with van der Waals surface area (Å²) >= 11 is 5.04. The van der Waals surface area contributed by atoms with Gasteiger partial charge >= 0.3 is 0 Å². The Morgan fingerprint density at radius 1 is 1.18 bits per heavy atom. The van der Waals surface area contributed by atoms with Gasteiger partial charge in [0.1, 0.15) is 5.37 Å². The molecule has 4 rings (SSSR count). The number of nitrogens with zero attached hydrogens (tertiary/aromatic N) is 2. The molecule has 22 heavy (non-hydrogen) atoms. The maximum Gasteiger partial charge on any atom is 0.239 e. The zero-order valence-corrected chi connectivity index (χ0v) is 13.8. The van der Waals surface area contributed by atoms with E-state index in [0.717, 1.165) is 15.4 Å². The van der Waals surface area contributed by atoms with Gasteiger partial charge in [-0.15, -0.1) is 11.8 Å². The van der Waals surface area contributed by atoms with Crippen molar-refractivity contribution < 1.29 is 9.32 Å². The normalized spacial score (nSPS) is 18.3. The number of carbonyl (C=O) groups is 1. The highest BCUT2D eigenvalue weighted by Crippen LogP contribution is 2.43. The van der Waals surface area contributed by atoms with E-state index in [-0.39, 0.29) is 11.3 Å². The van der Waals surface area contributed by atoms with Crippen LogP contribution in [-0.4, -0.2) is 16.8 Å². The molecule has 1 fully saturated rings. The lowest BCUT2D eigenvalue weighted by Crippen LogP contribution is -2.28. The van der Waals surface area contributed by atoms with E-state index < -0.39 is 0 Å². The molecule has 0 bridgehead atoms. The molecule has 6 heteroatoms. The van der Waals surface area contributed by atoms with E-state index in [1.54, 1.807) is 16.7 Å². The lowest BCUT2D eigenvalue weighted by Gasteiger charge is -2.21. The number of hydrogen-bond acceptors (Lipinski definition) is 4. The third-order valence-electron chi connectivity index (χ3n) is 3.61. The van der Waals surface area contributed by atoms with Crippen molar-refractivity contribution in [3.8, 4) is 0 Å². The van der Waals surface area contributed by atoms with Gasteiger partial charge in [0.15, 0.2) is 11.4 Å². The lowest BCUT2D eigenvalue weighted by atomic mass is 10.2. The molecular formula is C16H11BrN2O2S. The van der Waals surface area contributed by atoms with Gasteiger partial charge in [-0.2, -0.15) is 0 Å². The lowest BCUT2D eigenvalue weighted by molar-refractivity contribution is -0.115. The van der Waals surface area contributed by atoms with E-state index in [1.807, 2.05) is 48.5 Å². The molecule has 2 aromatic carbocycles. The Labute approximate surface area is 139 Å². The number of halogens is 1. The van der Waals surface area contributed by atoms with E-state index in [0.29, 0.717) is 17.2 Å². The fourth-order valence-corrected chi connectivity index (χ4v) is 3.99. The molecule has 0 spiro atoms. The minimum Gasteiger partial charge on any atom is -0.354 e. The zero-order chi connectivity index (χ0) is 15.1. The molecule has 3 aromatic rings. The van der Waals surface area contributed by atoms with Crippen molar-refractivity contribution in [1.82, 2.24) is 5.16 Å². The Balaban J connectivity index is 1.80. The number of carbonyl (C=O) groups excluding carboxylic acids is 1. The molecule has 1 aliphatic heterocycles. The number of para-hydroxylation sites is 1. The average Bonchev–Trinajstić information content (AvgIpc) is 3.11. The first-order chi connectivity index (χ1) is 10.7. The highest BCUT2D eigenvalue weighted by Gasteiger charge is 2.36. The number of thioether (sulfide) groups is 1. The van der Waals surface area contributed by atoms with Crippen LogP contribution in [0.15, 0.2) is 57.5 Å². The van der Waals surface area contributed by atoms with Crippen molar-refractivity contribution in [3.05, 3.63) is 58.6 Å². The van der Waals surface area contributed by atoms with Crippen LogP contribution >= 0.6 is 27.7 Å². The van der Waals surface area contributed by atoms with Crippen molar-refractivity contribution in [2.24, 2.45) is 0 Å². The van der Waals surface area contributed by atoms with Gasteiger partial charge in [-0.05, 0) is 29.8 Å². The zero-order valence-electron chi connectivity index (χ0n) is 11.4. The Bertz CT molecular complexity index is 847. The summed E-state index contributed by atoms with van der Waals surface area (Å²) in [6, 6.07) is 15.6. The Morgan fingerprint density at radius 2 is 1.95 bits per heavy atom. The molecule has 1 unspecified atom stereocenters. The smallest absolute Gasteiger partial charge is 0.239 e. The standard InChI is InChI=1S/C16H11BrN2O2S/c17-11-7-5-10(6-8-11)16-19(14(20)9-22-16)15-12-3-1-2-4-13(12)21-18-15/h1-8,16H,9H2. The maximum atomic E-state index is 12.4. The third kappa shape index (κ3) is 2.23. The van der Waals surface area contributed by atoms with E-state index >= 15 is 0 Å². The molecule has 1 saturated heterocycles. The van der Waals surface area contributed by atoms with Gasteiger partial charge in [0.05, 0.1) is 11.1 Å². The molecule has 1 amide bonds. The van der Waals surface area contributed by atoms with Gasteiger partial charge in [0.2, 0.25) is 5.91 Å². The van der Waals surface area contributed by atoms with Crippen LogP contribution in [0.3, 0.4) is 0 Å². The predicted octanol–water partition coefficient (Wildman–Crippen LogP) is 4.37. The molecular weight excluding hydrogens is 364 g/mol. The Morgan fingerprint density at radius 3 is 2.77 bits per heavy atom. The Kier molecular flexibility index (Phi) is 3.43. The van der Waals surface area contributed by atoms with Gasteiger partial charge in [-0.3, -0.25) is 9.69 Å². The minimum absolute atomic E-state index is 0.0528. The van der Waals surface area contributed by atoms with Crippen molar-refractivity contribution in [2.45, 2.75) is 5.37 Å². The number of rotatable bonds is 2. The fourth-order valence-electron chi connectivity index (χ4n) is 2.57. The number of hydrogen-bond donors (Lipinski definition) is 0. The molecule has 2 heterocycles. The highest BCUT2D eigenvalue weighted by atomic mass is 79.9. The van der Waals surface area contributed by atoms with Crippen molar-refractivity contribution in [1.29, 1.82) is 0 Å². The van der Waals surface area contributed by atoms with Crippen LogP contribution in [0.25, 0.3) is 11.0 Å². The number of fused-ring (bicyclic) bond motifs is 1. The molecule has 1 aliphatic rings. The molecule has 1 atom stereocenters. The first-order valence-electron chi connectivity index (χ1n) is 6.77. The molecule has 0 aliphatic carbocycles. The second-order valence-corrected chi connectivity index (χ2v) is 6.97. The van der Waals surface area contributed by atoms with Gasteiger partial charge in [-0.1, -0.05) is 45.4 Å². The molecule has 4 nitrogen and oxygen atoms in total. The summed E-state index contributed by atoms with van der Waals surface area (Å²) in [7, 11) is 0. The van der Waals surface area contributed by atoms with Crippen LogP contribution in [-0.2, 0) is 4.79 Å². The number of amides is 1. The third-order valence-corrected chi connectivity index (χ3v) is 5.35. The van der Waals surface area contributed by atoms with Gasteiger partial charge in [0, 0.05) is 4.47 Å². The van der Waals surface area contributed by atoms with Crippen molar-refractivity contribution in [3.63, 3.8) is 0 Å². The maximum absolute atomic E-state index is 12.4. The monoisotopic (exact) mass is 374 g/mol. The fraction of sp³-hybridized carbons (Fsp3) is 0.125. The van der Waals surface area contributed by atoms with E-state index in [9.17, 15) is 4.79 Å². The number of benzene rings is 2. The predicted molar refractivity (Wildman–Crippen MR) is 90.8 cm³/mol. The first kappa shape index (κ1) is 13.8. The van der Waals surface area contributed by atoms with Crippen molar-refractivity contribution >= 4 is 50.4 Å². The topological polar surface area (TPSA) is 46.3 Å². The molecule has 1 aromatic heterocycles. The minimum atomic E-state index is -0.0749. The van der Waals surface area contributed by atoms with E-state index in [1.165, 1.54) is 0 Å². The molecule has 110 valence electrons. The number of aromatic nitrogens is 1. The first-order valence-corrected chi connectivity index (χ1v) is 8.62. The summed E-state index contributed by atoms with van der Waals surface area (Å²) < 4.78 is 6.37. The SMILES string of the molecule is O=C1CSC(c2ccc(Br)cc2)N1c1noc2ccccc12. The van der Waals surface area contributed by atoms with E-state index in [2.05, 4.69) is 21.1 Å².